The zero-order valence-corrected chi connectivity index (χ0v) is 10.6. The van der Waals surface area contributed by atoms with Crippen LogP contribution in [0.3, 0.4) is 0 Å². The van der Waals surface area contributed by atoms with Crippen LogP contribution in [0.2, 0.25) is 0 Å². The Balaban J connectivity index is 2.19. The number of piperazine rings is 1. The van der Waals surface area contributed by atoms with E-state index in [0.29, 0.717) is 39.3 Å². The number of aliphatic hydroxyl groups excluding tert-OH is 1. The fraction of sp³-hybridized carbons (Fsp3) is 1.00. The first-order valence-electron chi connectivity index (χ1n) is 6.18. The van der Waals surface area contributed by atoms with Crippen LogP contribution < -0.4 is 0 Å². The fourth-order valence-electron chi connectivity index (χ4n) is 1.99. The van der Waals surface area contributed by atoms with Gasteiger partial charge in [-0.2, -0.15) is 13.2 Å². The molecule has 0 amide bonds. The minimum Gasteiger partial charge on any atom is -0.389 e. The predicted molar refractivity (Wildman–Crippen MR) is 61.4 cm³/mol. The summed E-state index contributed by atoms with van der Waals surface area (Å²) in [6, 6.07) is 0. The molecular weight excluding hydrogens is 249 g/mol. The summed E-state index contributed by atoms with van der Waals surface area (Å²) < 4.78 is 41.6. The van der Waals surface area contributed by atoms with E-state index < -0.39 is 18.8 Å². The minimum absolute atomic E-state index is 0.277. The van der Waals surface area contributed by atoms with Crippen molar-refractivity contribution in [1.82, 2.24) is 9.80 Å². The molecule has 1 aliphatic rings. The molecule has 1 rings (SSSR count). The predicted octanol–water partition coefficient (Wildman–Crippen LogP) is 0.564. The van der Waals surface area contributed by atoms with Crippen LogP contribution in [-0.2, 0) is 4.74 Å². The van der Waals surface area contributed by atoms with Crippen molar-refractivity contribution < 1.29 is 23.0 Å². The fourth-order valence-corrected chi connectivity index (χ4v) is 1.99. The van der Waals surface area contributed by atoms with Gasteiger partial charge in [-0.15, -0.1) is 0 Å². The van der Waals surface area contributed by atoms with Gasteiger partial charge in [0.15, 0.2) is 0 Å². The highest BCUT2D eigenvalue weighted by Gasteiger charge is 2.32. The molecule has 0 saturated carbocycles. The van der Waals surface area contributed by atoms with Crippen LogP contribution in [0.4, 0.5) is 13.2 Å². The number of rotatable bonds is 6. The number of nitrogens with zero attached hydrogens (tertiary/aromatic N) is 2. The zero-order chi connectivity index (χ0) is 13.6. The Kier molecular flexibility index (Phi) is 6.34. The zero-order valence-electron chi connectivity index (χ0n) is 10.6. The molecule has 0 aliphatic carbocycles. The molecule has 1 unspecified atom stereocenters. The van der Waals surface area contributed by atoms with Crippen molar-refractivity contribution in [2.24, 2.45) is 0 Å². The Hall–Kier alpha value is -0.370. The molecule has 1 heterocycles. The standard InChI is InChI=1S/C11H21F3N2O2/c1-2-18-8-10(17)7-15-3-5-16(6-4-15)9-11(12,13)14/h10,17H,2-9H2,1H3. The van der Waals surface area contributed by atoms with E-state index in [9.17, 15) is 18.3 Å². The molecule has 7 heteroatoms. The van der Waals surface area contributed by atoms with E-state index in [1.165, 1.54) is 4.90 Å². The van der Waals surface area contributed by atoms with Crippen molar-refractivity contribution in [2.45, 2.75) is 19.2 Å². The van der Waals surface area contributed by atoms with Crippen LogP contribution in [0.15, 0.2) is 0 Å². The average molecular weight is 270 g/mol. The van der Waals surface area contributed by atoms with E-state index in [2.05, 4.69) is 0 Å². The number of halogens is 3. The second kappa shape index (κ2) is 7.28. The number of β-amino-alcohol motifs (C(OH)–C–C–N with tert-alkyl or cyclic N) is 1. The molecule has 0 radical (unpaired) electrons. The van der Waals surface area contributed by atoms with E-state index in [-0.39, 0.29) is 6.61 Å². The summed E-state index contributed by atoms with van der Waals surface area (Å²) in [4.78, 5) is 3.36. The van der Waals surface area contributed by atoms with Gasteiger partial charge in [0.2, 0.25) is 0 Å². The van der Waals surface area contributed by atoms with Crippen LogP contribution in [0.25, 0.3) is 0 Å². The van der Waals surface area contributed by atoms with Gasteiger partial charge in [0.25, 0.3) is 0 Å². The summed E-state index contributed by atoms with van der Waals surface area (Å²) in [6.07, 6.45) is -4.70. The highest BCUT2D eigenvalue weighted by Crippen LogP contribution is 2.17. The summed E-state index contributed by atoms with van der Waals surface area (Å²) >= 11 is 0. The molecule has 1 saturated heterocycles. The number of aliphatic hydroxyl groups is 1. The second-order valence-electron chi connectivity index (χ2n) is 4.51. The Bertz CT molecular complexity index is 231. The van der Waals surface area contributed by atoms with Crippen LogP contribution in [-0.4, -0.2) is 79.7 Å². The van der Waals surface area contributed by atoms with E-state index in [4.69, 9.17) is 4.74 Å². The van der Waals surface area contributed by atoms with E-state index in [1.54, 1.807) is 0 Å². The number of alkyl halides is 3. The SMILES string of the molecule is CCOCC(O)CN1CCN(CC(F)(F)F)CC1. The third kappa shape index (κ3) is 6.53. The van der Waals surface area contributed by atoms with Crippen molar-refractivity contribution >= 4 is 0 Å². The lowest BCUT2D eigenvalue weighted by Crippen LogP contribution is -2.51. The number of hydrogen-bond acceptors (Lipinski definition) is 4. The quantitative estimate of drug-likeness (QED) is 0.765. The van der Waals surface area contributed by atoms with Gasteiger partial charge in [-0.05, 0) is 6.92 Å². The van der Waals surface area contributed by atoms with Crippen molar-refractivity contribution in [3.63, 3.8) is 0 Å². The molecule has 18 heavy (non-hydrogen) atoms. The van der Waals surface area contributed by atoms with Gasteiger partial charge < -0.3 is 9.84 Å². The average Bonchev–Trinajstić information content (AvgIpc) is 2.27. The molecule has 4 nitrogen and oxygen atoms in total. The first-order chi connectivity index (χ1) is 8.40. The molecule has 0 bridgehead atoms. The maximum atomic E-state index is 12.2. The van der Waals surface area contributed by atoms with E-state index in [0.717, 1.165) is 0 Å². The Labute approximate surface area is 105 Å². The molecule has 0 aromatic heterocycles. The summed E-state index contributed by atoms with van der Waals surface area (Å²) in [5, 5.41) is 9.62. The highest BCUT2D eigenvalue weighted by atomic mass is 19.4. The lowest BCUT2D eigenvalue weighted by atomic mass is 10.2. The molecule has 1 fully saturated rings. The summed E-state index contributed by atoms with van der Waals surface area (Å²) in [5.74, 6) is 0. The lowest BCUT2D eigenvalue weighted by molar-refractivity contribution is -0.149. The molecule has 0 spiro atoms. The van der Waals surface area contributed by atoms with Gasteiger partial charge in [0.1, 0.15) is 0 Å². The van der Waals surface area contributed by atoms with Gasteiger partial charge in [-0.25, -0.2) is 0 Å². The normalized spacial score (nSPS) is 21.2. The van der Waals surface area contributed by atoms with Crippen molar-refractivity contribution in [1.29, 1.82) is 0 Å². The van der Waals surface area contributed by atoms with Gasteiger partial charge >= 0.3 is 6.18 Å². The monoisotopic (exact) mass is 270 g/mol. The molecule has 0 aromatic rings. The van der Waals surface area contributed by atoms with Crippen LogP contribution >= 0.6 is 0 Å². The number of ether oxygens (including phenoxy) is 1. The van der Waals surface area contributed by atoms with E-state index >= 15 is 0 Å². The van der Waals surface area contributed by atoms with Crippen molar-refractivity contribution in [3.8, 4) is 0 Å². The molecular formula is C11H21F3N2O2. The molecule has 1 N–H and O–H groups in total. The van der Waals surface area contributed by atoms with Crippen molar-refractivity contribution in [3.05, 3.63) is 0 Å². The Morgan fingerprint density at radius 1 is 1.17 bits per heavy atom. The maximum Gasteiger partial charge on any atom is 0.401 e. The Morgan fingerprint density at radius 3 is 2.22 bits per heavy atom. The maximum absolute atomic E-state index is 12.2. The van der Waals surface area contributed by atoms with Crippen LogP contribution in [0.1, 0.15) is 6.92 Å². The largest absolute Gasteiger partial charge is 0.401 e. The molecule has 108 valence electrons. The van der Waals surface area contributed by atoms with Crippen LogP contribution in [0.5, 0.6) is 0 Å². The summed E-state index contributed by atoms with van der Waals surface area (Å²) in [6.45, 7) is 4.18. The smallest absolute Gasteiger partial charge is 0.389 e. The molecule has 1 aliphatic heterocycles. The van der Waals surface area contributed by atoms with Gasteiger partial charge in [-0.3, -0.25) is 9.80 Å². The van der Waals surface area contributed by atoms with Crippen LogP contribution in [0, 0.1) is 0 Å². The van der Waals surface area contributed by atoms with E-state index in [1.807, 2.05) is 11.8 Å². The third-order valence-electron chi connectivity index (χ3n) is 2.85. The first kappa shape index (κ1) is 15.7. The minimum atomic E-state index is -4.13. The van der Waals surface area contributed by atoms with Gasteiger partial charge in [-0.1, -0.05) is 0 Å². The molecule has 0 aromatic carbocycles. The first-order valence-corrected chi connectivity index (χ1v) is 6.18. The summed E-state index contributed by atoms with van der Waals surface area (Å²) in [5.41, 5.74) is 0. The Morgan fingerprint density at radius 2 is 1.72 bits per heavy atom. The second-order valence-corrected chi connectivity index (χ2v) is 4.51. The topological polar surface area (TPSA) is 35.9 Å². The molecule has 1 atom stereocenters. The number of hydrogen-bond donors (Lipinski definition) is 1. The third-order valence-corrected chi connectivity index (χ3v) is 2.85. The summed E-state index contributed by atoms with van der Waals surface area (Å²) in [7, 11) is 0. The van der Waals surface area contributed by atoms with Gasteiger partial charge in [0, 0.05) is 39.3 Å². The van der Waals surface area contributed by atoms with Crippen molar-refractivity contribution in [2.75, 3.05) is 52.5 Å². The lowest BCUT2D eigenvalue weighted by Gasteiger charge is -2.35. The van der Waals surface area contributed by atoms with Gasteiger partial charge in [0.05, 0.1) is 19.3 Å². The highest BCUT2D eigenvalue weighted by molar-refractivity contribution is 4.75.